The third kappa shape index (κ3) is 5.39. The van der Waals surface area contributed by atoms with Crippen LogP contribution in [0.3, 0.4) is 0 Å². The van der Waals surface area contributed by atoms with Gasteiger partial charge in [0.1, 0.15) is 0 Å². The van der Waals surface area contributed by atoms with Crippen molar-refractivity contribution in [3.8, 4) is 11.1 Å². The number of anilines is 3. The van der Waals surface area contributed by atoms with Crippen LogP contribution in [0, 0.1) is 5.92 Å². The second kappa shape index (κ2) is 13.6. The molecule has 0 spiro atoms. The summed E-state index contributed by atoms with van der Waals surface area (Å²) in [4.78, 5) is 2.49. The molecule has 0 fully saturated rings. The van der Waals surface area contributed by atoms with Crippen LogP contribution in [0.2, 0.25) is 0 Å². The van der Waals surface area contributed by atoms with Crippen LogP contribution in [-0.4, -0.2) is 4.57 Å². The Morgan fingerprint density at radius 3 is 2.21 bits per heavy atom. The van der Waals surface area contributed by atoms with Crippen LogP contribution >= 0.6 is 0 Å². The lowest BCUT2D eigenvalue weighted by molar-refractivity contribution is 0.648. The van der Waals surface area contributed by atoms with Gasteiger partial charge in [0.25, 0.3) is 0 Å². The SMILES string of the molecule is C1=CCC(n2c3ccccc3c3c(N(c4ccc(C5=Cc6ccc7c(c6CC5)C5C=CC=CC5C=C7)cc4)c4ccccc4-c4ccccc4)cccc32)C=C1. The lowest BCUT2D eigenvalue weighted by Gasteiger charge is -2.32. The summed E-state index contributed by atoms with van der Waals surface area (Å²) in [6.45, 7) is 0. The van der Waals surface area contributed by atoms with Gasteiger partial charge in [-0.15, -0.1) is 0 Å². The summed E-state index contributed by atoms with van der Waals surface area (Å²) in [6, 6.07) is 49.8. The van der Waals surface area contributed by atoms with E-state index in [1.165, 1.54) is 72.0 Å². The zero-order chi connectivity index (χ0) is 37.0. The number of para-hydroxylation sites is 2. The van der Waals surface area contributed by atoms with Crippen molar-refractivity contribution in [3.63, 3.8) is 0 Å². The summed E-state index contributed by atoms with van der Waals surface area (Å²) < 4.78 is 2.54. The minimum atomic E-state index is 0.259. The van der Waals surface area contributed by atoms with Crippen LogP contribution in [-0.2, 0) is 6.42 Å². The van der Waals surface area contributed by atoms with Crippen LogP contribution in [0.5, 0.6) is 0 Å². The third-order valence-corrected chi connectivity index (χ3v) is 12.4. The summed E-state index contributed by atoms with van der Waals surface area (Å²) in [5.41, 5.74) is 16.9. The third-order valence-electron chi connectivity index (χ3n) is 12.4. The van der Waals surface area contributed by atoms with Gasteiger partial charge in [0.05, 0.1) is 22.9 Å². The summed E-state index contributed by atoms with van der Waals surface area (Å²) in [6.07, 6.45) is 28.4. The van der Waals surface area contributed by atoms with E-state index in [4.69, 9.17) is 0 Å². The first-order valence-electron chi connectivity index (χ1n) is 20.1. The Morgan fingerprint density at radius 2 is 1.32 bits per heavy atom. The number of aromatic nitrogens is 1. The molecule has 0 aliphatic heterocycles. The summed E-state index contributed by atoms with van der Waals surface area (Å²) in [5, 5.41) is 2.54. The van der Waals surface area contributed by atoms with E-state index in [1.807, 2.05) is 0 Å². The Kier molecular flexibility index (Phi) is 7.95. The second-order valence-electron chi connectivity index (χ2n) is 15.5. The van der Waals surface area contributed by atoms with Crippen molar-refractivity contribution in [2.75, 3.05) is 4.90 Å². The Labute approximate surface area is 329 Å². The van der Waals surface area contributed by atoms with E-state index in [9.17, 15) is 0 Å². The van der Waals surface area contributed by atoms with Gasteiger partial charge >= 0.3 is 0 Å². The standard InChI is InChI=1S/C54H42N2/c1-3-14-38(15-4-1)45-19-9-11-22-49(45)56(52-25-13-24-51-54(52)48-21-10-12-23-50(48)55(51)43-17-5-2-6-18-43)44-33-30-37(31-34-44)41-32-35-47-42(36-41)29-28-40-27-26-39-16-7-8-20-46(39)53(40)47/h1-17,19-31,33-34,36,39,43,46H,18,32,35H2. The maximum Gasteiger partial charge on any atom is 0.0562 e. The molecule has 2 nitrogen and oxygen atoms in total. The maximum absolute atomic E-state index is 2.54. The molecule has 3 atom stereocenters. The Balaban J connectivity index is 1.05. The minimum Gasteiger partial charge on any atom is -0.333 e. The van der Waals surface area contributed by atoms with Gasteiger partial charge in [0, 0.05) is 39.4 Å². The van der Waals surface area contributed by atoms with E-state index in [-0.39, 0.29) is 6.04 Å². The van der Waals surface area contributed by atoms with E-state index in [2.05, 4.69) is 210 Å². The van der Waals surface area contributed by atoms with Crippen LogP contribution < -0.4 is 4.90 Å². The molecule has 0 bridgehead atoms. The van der Waals surface area contributed by atoms with Gasteiger partial charge in [-0.3, -0.25) is 0 Å². The topological polar surface area (TPSA) is 8.17 Å². The highest BCUT2D eigenvalue weighted by Gasteiger charge is 2.29. The molecule has 11 rings (SSSR count). The smallest absolute Gasteiger partial charge is 0.0562 e. The van der Waals surface area contributed by atoms with Gasteiger partial charge in [-0.25, -0.2) is 0 Å². The fraction of sp³-hybridized carbons (Fsp3) is 0.111. The predicted molar refractivity (Wildman–Crippen MR) is 238 cm³/mol. The first kappa shape index (κ1) is 32.8. The van der Waals surface area contributed by atoms with Gasteiger partial charge in [-0.05, 0) is 94.6 Å². The molecule has 56 heavy (non-hydrogen) atoms. The van der Waals surface area contributed by atoms with E-state index < -0.39 is 0 Å². The zero-order valence-electron chi connectivity index (χ0n) is 31.3. The van der Waals surface area contributed by atoms with E-state index in [0.717, 1.165) is 30.6 Å². The zero-order valence-corrected chi connectivity index (χ0v) is 31.3. The molecule has 268 valence electrons. The number of fused-ring (bicyclic) bond motifs is 8. The highest BCUT2D eigenvalue weighted by atomic mass is 15.2. The van der Waals surface area contributed by atoms with Crippen LogP contribution in [0.4, 0.5) is 17.1 Å². The molecule has 1 aromatic heterocycles. The van der Waals surface area contributed by atoms with Gasteiger partial charge < -0.3 is 9.47 Å². The molecule has 0 N–H and O–H groups in total. The highest BCUT2D eigenvalue weighted by molar-refractivity contribution is 6.16. The second-order valence-corrected chi connectivity index (χ2v) is 15.5. The number of nitrogens with zero attached hydrogens (tertiary/aromatic N) is 2. The number of benzene rings is 6. The van der Waals surface area contributed by atoms with E-state index in [1.54, 1.807) is 0 Å². The number of rotatable bonds is 6. The molecule has 6 aromatic carbocycles. The molecule has 4 aliphatic rings. The van der Waals surface area contributed by atoms with Crippen molar-refractivity contribution in [2.45, 2.75) is 31.2 Å². The molecule has 0 saturated heterocycles. The molecule has 0 radical (unpaired) electrons. The van der Waals surface area contributed by atoms with Crippen LogP contribution in [0.25, 0.3) is 50.7 Å². The van der Waals surface area contributed by atoms with Crippen molar-refractivity contribution >= 4 is 56.6 Å². The summed E-state index contributed by atoms with van der Waals surface area (Å²) in [7, 11) is 0. The first-order chi connectivity index (χ1) is 27.8. The highest BCUT2D eigenvalue weighted by Crippen LogP contribution is 2.48. The Bertz CT molecular complexity index is 2840. The molecule has 1 heterocycles. The minimum absolute atomic E-state index is 0.259. The number of allylic oxidation sites excluding steroid dienone is 10. The number of hydrogen-bond acceptors (Lipinski definition) is 1. The van der Waals surface area contributed by atoms with Crippen LogP contribution in [0.15, 0.2) is 188 Å². The average Bonchev–Trinajstić information content (AvgIpc) is 3.62. The summed E-state index contributed by atoms with van der Waals surface area (Å²) in [5.74, 6) is 0.888. The monoisotopic (exact) mass is 718 g/mol. The molecule has 0 amide bonds. The Morgan fingerprint density at radius 1 is 0.554 bits per heavy atom. The molecular formula is C54H42N2. The Hall–Kier alpha value is -6.64. The van der Waals surface area contributed by atoms with Crippen molar-refractivity contribution in [1.82, 2.24) is 4.57 Å². The molecular weight excluding hydrogens is 677 g/mol. The molecule has 3 unspecified atom stereocenters. The lowest BCUT2D eigenvalue weighted by Crippen LogP contribution is -2.17. The molecule has 0 saturated carbocycles. The quantitative estimate of drug-likeness (QED) is 0.166. The van der Waals surface area contributed by atoms with Gasteiger partial charge in [-0.1, -0.05) is 164 Å². The first-order valence-corrected chi connectivity index (χ1v) is 20.1. The molecule has 2 heteroatoms. The largest absolute Gasteiger partial charge is 0.333 e. The van der Waals surface area contributed by atoms with Crippen molar-refractivity contribution in [3.05, 3.63) is 216 Å². The van der Waals surface area contributed by atoms with Crippen molar-refractivity contribution < 1.29 is 0 Å². The van der Waals surface area contributed by atoms with E-state index >= 15 is 0 Å². The van der Waals surface area contributed by atoms with E-state index in [0.29, 0.717) is 11.8 Å². The summed E-state index contributed by atoms with van der Waals surface area (Å²) >= 11 is 0. The fourth-order valence-electron chi connectivity index (χ4n) is 9.81. The molecule has 7 aromatic rings. The van der Waals surface area contributed by atoms with Gasteiger partial charge in [0.2, 0.25) is 0 Å². The fourth-order valence-corrected chi connectivity index (χ4v) is 9.81. The van der Waals surface area contributed by atoms with Crippen LogP contribution in [0.1, 0.15) is 52.6 Å². The normalized spacial score (nSPS) is 19.1. The number of hydrogen-bond donors (Lipinski definition) is 0. The van der Waals surface area contributed by atoms with Gasteiger partial charge in [0.15, 0.2) is 0 Å². The molecule has 4 aliphatic carbocycles. The maximum atomic E-state index is 2.54. The lowest BCUT2D eigenvalue weighted by atomic mass is 9.72. The van der Waals surface area contributed by atoms with Crippen molar-refractivity contribution in [2.24, 2.45) is 5.92 Å². The van der Waals surface area contributed by atoms with Gasteiger partial charge in [-0.2, -0.15) is 0 Å². The predicted octanol–water partition coefficient (Wildman–Crippen LogP) is 14.3. The van der Waals surface area contributed by atoms with Crippen molar-refractivity contribution in [1.29, 1.82) is 0 Å². The average molecular weight is 719 g/mol.